The Balaban J connectivity index is 4.09. The third-order valence-corrected chi connectivity index (χ3v) is 1.42. The van der Waals surface area contributed by atoms with E-state index < -0.39 is 5.97 Å². The van der Waals surface area contributed by atoms with Crippen molar-refractivity contribution in [2.75, 3.05) is 0 Å². The number of esters is 1. The molecule has 12 heavy (non-hydrogen) atoms. The van der Waals surface area contributed by atoms with E-state index in [0.717, 1.165) is 0 Å². The van der Waals surface area contributed by atoms with Gasteiger partial charge >= 0.3 is 5.97 Å². The molecule has 0 aliphatic carbocycles. The summed E-state index contributed by atoms with van der Waals surface area (Å²) in [5.41, 5.74) is 1.07. The zero-order valence-electron chi connectivity index (χ0n) is 7.59. The molecule has 0 heterocycles. The number of hydrogen-bond donors (Lipinski definition) is 0. The summed E-state index contributed by atoms with van der Waals surface area (Å²) in [5.74, 6) is -0.398. The highest BCUT2D eigenvalue weighted by Crippen LogP contribution is 2.06. The topological polar surface area (TPSA) is 26.3 Å². The molecule has 0 aromatic heterocycles. The van der Waals surface area contributed by atoms with E-state index in [2.05, 4.69) is 19.7 Å². The third-order valence-electron chi connectivity index (χ3n) is 1.42. The van der Waals surface area contributed by atoms with Crippen LogP contribution in [0.1, 0.15) is 13.8 Å². The van der Waals surface area contributed by atoms with Gasteiger partial charge in [0.05, 0.1) is 0 Å². The van der Waals surface area contributed by atoms with Gasteiger partial charge in [0.15, 0.2) is 0 Å². The Labute approximate surface area is 73.2 Å². The second-order valence-corrected chi connectivity index (χ2v) is 2.61. The standard InChI is InChI=1S/C10H14O2/c1-6-8(4)9(5)12-10(11)7(2)3/h6,9H,1-2,4H2,3,5H3. The van der Waals surface area contributed by atoms with Gasteiger partial charge in [-0.1, -0.05) is 25.8 Å². The number of carbonyl (C=O) groups excluding carboxylic acids is 1. The highest BCUT2D eigenvalue weighted by atomic mass is 16.5. The first-order chi connectivity index (χ1) is 5.49. The van der Waals surface area contributed by atoms with E-state index in [-0.39, 0.29) is 6.10 Å². The fourth-order valence-corrected chi connectivity index (χ4v) is 0.503. The third kappa shape index (κ3) is 3.19. The van der Waals surface area contributed by atoms with Crippen LogP contribution in [0.4, 0.5) is 0 Å². The highest BCUT2D eigenvalue weighted by molar-refractivity contribution is 5.87. The van der Waals surface area contributed by atoms with E-state index in [1.54, 1.807) is 19.9 Å². The van der Waals surface area contributed by atoms with Gasteiger partial charge in [-0.2, -0.15) is 0 Å². The molecule has 2 nitrogen and oxygen atoms in total. The van der Waals surface area contributed by atoms with Crippen molar-refractivity contribution in [1.29, 1.82) is 0 Å². The second kappa shape index (κ2) is 4.54. The minimum Gasteiger partial charge on any atom is -0.454 e. The summed E-state index contributed by atoms with van der Waals surface area (Å²) in [6.45, 7) is 14.0. The Morgan fingerprint density at radius 2 is 2.00 bits per heavy atom. The predicted molar refractivity (Wildman–Crippen MR) is 49.7 cm³/mol. The zero-order chi connectivity index (χ0) is 9.72. The molecule has 0 N–H and O–H groups in total. The molecule has 0 saturated heterocycles. The molecule has 1 unspecified atom stereocenters. The molecule has 0 radical (unpaired) electrons. The van der Waals surface area contributed by atoms with E-state index in [1.165, 1.54) is 0 Å². The first-order valence-corrected chi connectivity index (χ1v) is 3.66. The van der Waals surface area contributed by atoms with E-state index in [0.29, 0.717) is 11.1 Å². The van der Waals surface area contributed by atoms with Gasteiger partial charge in [-0.3, -0.25) is 0 Å². The molecule has 0 aromatic carbocycles. The van der Waals surface area contributed by atoms with Gasteiger partial charge in [-0.05, 0) is 19.4 Å². The molecule has 0 aliphatic heterocycles. The van der Waals surface area contributed by atoms with Crippen LogP contribution in [0, 0.1) is 0 Å². The fourth-order valence-electron chi connectivity index (χ4n) is 0.503. The SMILES string of the molecule is C=CC(=C)C(C)OC(=O)C(=C)C. The summed E-state index contributed by atoms with van der Waals surface area (Å²) >= 11 is 0. The lowest BCUT2D eigenvalue weighted by atomic mass is 10.2. The van der Waals surface area contributed by atoms with Gasteiger partial charge < -0.3 is 4.74 Å². The molecule has 0 aromatic rings. The van der Waals surface area contributed by atoms with Crippen LogP contribution in [-0.2, 0) is 9.53 Å². The van der Waals surface area contributed by atoms with Gasteiger partial charge in [-0.25, -0.2) is 4.79 Å². The van der Waals surface area contributed by atoms with E-state index in [4.69, 9.17) is 4.74 Å². The quantitative estimate of drug-likeness (QED) is 0.363. The molecule has 0 bridgehead atoms. The van der Waals surface area contributed by atoms with Crippen LogP contribution in [0.25, 0.3) is 0 Å². The van der Waals surface area contributed by atoms with Crippen LogP contribution < -0.4 is 0 Å². The van der Waals surface area contributed by atoms with Gasteiger partial charge in [0.2, 0.25) is 0 Å². The summed E-state index contributed by atoms with van der Waals surface area (Å²) in [7, 11) is 0. The maximum absolute atomic E-state index is 11.0. The summed E-state index contributed by atoms with van der Waals surface area (Å²) in [6.07, 6.45) is 1.24. The van der Waals surface area contributed by atoms with E-state index in [9.17, 15) is 4.79 Å². The highest BCUT2D eigenvalue weighted by Gasteiger charge is 2.10. The van der Waals surface area contributed by atoms with Crippen LogP contribution in [0.3, 0.4) is 0 Å². The number of rotatable bonds is 4. The molecule has 0 fully saturated rings. The molecule has 0 saturated carbocycles. The molecular formula is C10H14O2. The molecule has 0 amide bonds. The van der Waals surface area contributed by atoms with E-state index in [1.807, 2.05) is 0 Å². The Kier molecular flexibility index (Phi) is 4.05. The lowest BCUT2D eigenvalue weighted by Crippen LogP contribution is -2.16. The Hall–Kier alpha value is -1.31. The lowest BCUT2D eigenvalue weighted by Gasteiger charge is -2.12. The minimum atomic E-state index is -0.398. The van der Waals surface area contributed by atoms with Crippen LogP contribution >= 0.6 is 0 Å². The van der Waals surface area contributed by atoms with Crippen LogP contribution in [0.5, 0.6) is 0 Å². The van der Waals surface area contributed by atoms with Gasteiger partial charge in [0.1, 0.15) is 6.10 Å². The van der Waals surface area contributed by atoms with Crippen molar-refractivity contribution < 1.29 is 9.53 Å². The van der Waals surface area contributed by atoms with Crippen molar-refractivity contribution in [2.45, 2.75) is 20.0 Å². The average molecular weight is 166 g/mol. The first kappa shape index (κ1) is 10.7. The number of hydrogen-bond acceptors (Lipinski definition) is 2. The summed E-state index contributed by atoms with van der Waals surface area (Å²) in [6, 6.07) is 0. The largest absolute Gasteiger partial charge is 0.454 e. The Morgan fingerprint density at radius 1 is 1.50 bits per heavy atom. The summed E-state index contributed by atoms with van der Waals surface area (Å²) in [4.78, 5) is 11.0. The summed E-state index contributed by atoms with van der Waals surface area (Å²) < 4.78 is 4.96. The molecule has 1 atom stereocenters. The van der Waals surface area contributed by atoms with Gasteiger partial charge in [0, 0.05) is 5.57 Å². The molecule has 0 aliphatic rings. The zero-order valence-corrected chi connectivity index (χ0v) is 7.59. The molecular weight excluding hydrogens is 152 g/mol. The lowest BCUT2D eigenvalue weighted by molar-refractivity contribution is -0.141. The molecule has 2 heteroatoms. The first-order valence-electron chi connectivity index (χ1n) is 3.66. The second-order valence-electron chi connectivity index (χ2n) is 2.61. The van der Waals surface area contributed by atoms with Crippen molar-refractivity contribution in [3.8, 4) is 0 Å². The van der Waals surface area contributed by atoms with E-state index >= 15 is 0 Å². The maximum Gasteiger partial charge on any atom is 0.333 e. The normalized spacial score (nSPS) is 11.5. The van der Waals surface area contributed by atoms with Crippen molar-refractivity contribution in [3.63, 3.8) is 0 Å². The monoisotopic (exact) mass is 166 g/mol. The molecule has 0 rings (SSSR count). The number of ether oxygens (including phenoxy) is 1. The van der Waals surface area contributed by atoms with Crippen LogP contribution in [0.2, 0.25) is 0 Å². The fraction of sp³-hybridized carbons (Fsp3) is 0.300. The Bertz CT molecular complexity index is 226. The van der Waals surface area contributed by atoms with Crippen molar-refractivity contribution in [1.82, 2.24) is 0 Å². The number of carbonyl (C=O) groups is 1. The van der Waals surface area contributed by atoms with Gasteiger partial charge in [0.25, 0.3) is 0 Å². The smallest absolute Gasteiger partial charge is 0.333 e. The van der Waals surface area contributed by atoms with Crippen molar-refractivity contribution in [3.05, 3.63) is 37.0 Å². The average Bonchev–Trinajstić information content (AvgIpc) is 2.02. The molecule has 0 spiro atoms. The predicted octanol–water partition coefficient (Wildman–Crippen LogP) is 2.24. The Morgan fingerprint density at radius 3 is 2.33 bits per heavy atom. The van der Waals surface area contributed by atoms with Gasteiger partial charge in [-0.15, -0.1) is 0 Å². The van der Waals surface area contributed by atoms with Crippen molar-refractivity contribution in [2.24, 2.45) is 0 Å². The minimum absolute atomic E-state index is 0.327. The summed E-state index contributed by atoms with van der Waals surface area (Å²) in [5, 5.41) is 0. The maximum atomic E-state index is 11.0. The van der Waals surface area contributed by atoms with Crippen molar-refractivity contribution >= 4 is 5.97 Å². The van der Waals surface area contributed by atoms with Crippen LogP contribution in [-0.4, -0.2) is 12.1 Å². The van der Waals surface area contributed by atoms with Crippen LogP contribution in [0.15, 0.2) is 37.0 Å². The molecule has 66 valence electrons.